The monoisotopic (exact) mass is 311 g/mol. The zero-order chi connectivity index (χ0) is 11.3. The number of hydrogen-bond acceptors (Lipinski definition) is 2. The van der Waals surface area contributed by atoms with E-state index in [0.29, 0.717) is 18.0 Å². The molecule has 15 heavy (non-hydrogen) atoms. The Bertz CT molecular complexity index is 422. The van der Waals surface area contributed by atoms with Gasteiger partial charge in [0, 0.05) is 16.0 Å². The molecule has 0 aromatic heterocycles. The molecule has 1 rings (SSSR count). The summed E-state index contributed by atoms with van der Waals surface area (Å²) in [6, 6.07) is 7.00. The molecular weight excluding hydrogens is 302 g/mol. The number of hydrogen-bond donors (Lipinski definition) is 1. The fourth-order valence-corrected chi connectivity index (χ4v) is 2.83. The zero-order valence-electron chi connectivity index (χ0n) is 7.91. The Labute approximate surface area is 103 Å². The molecule has 0 unspecified atom stereocenters. The van der Waals surface area contributed by atoms with E-state index in [9.17, 15) is 8.42 Å². The van der Waals surface area contributed by atoms with E-state index in [1.165, 1.54) is 0 Å². The van der Waals surface area contributed by atoms with Gasteiger partial charge in [-0.3, -0.25) is 4.72 Å². The summed E-state index contributed by atoms with van der Waals surface area (Å²) in [7, 11) is -3.27. The first kappa shape index (κ1) is 12.8. The van der Waals surface area contributed by atoms with Crippen molar-refractivity contribution in [2.45, 2.75) is 6.42 Å². The van der Waals surface area contributed by atoms with Crippen LogP contribution in [0.3, 0.4) is 0 Å². The van der Waals surface area contributed by atoms with E-state index in [-0.39, 0.29) is 5.75 Å². The second-order valence-electron chi connectivity index (χ2n) is 2.97. The van der Waals surface area contributed by atoms with Crippen LogP contribution in [0, 0.1) is 0 Å². The lowest BCUT2D eigenvalue weighted by atomic mass is 10.3. The first-order valence-electron chi connectivity index (χ1n) is 4.35. The van der Waals surface area contributed by atoms with Crippen molar-refractivity contribution in [3.8, 4) is 0 Å². The minimum Gasteiger partial charge on any atom is -0.284 e. The summed E-state index contributed by atoms with van der Waals surface area (Å²) in [5.74, 6) is 0.391. The van der Waals surface area contributed by atoms with Crippen molar-refractivity contribution in [1.29, 1.82) is 0 Å². The van der Waals surface area contributed by atoms with Crippen LogP contribution in [0.1, 0.15) is 6.42 Å². The van der Waals surface area contributed by atoms with Crippen LogP contribution in [0.4, 0.5) is 5.69 Å². The molecular formula is C9H11BrClNO2S. The van der Waals surface area contributed by atoms with Crippen molar-refractivity contribution in [2.75, 3.05) is 16.4 Å². The lowest BCUT2D eigenvalue weighted by Crippen LogP contribution is -2.16. The van der Waals surface area contributed by atoms with Crippen molar-refractivity contribution in [2.24, 2.45) is 0 Å². The number of anilines is 1. The summed E-state index contributed by atoms with van der Waals surface area (Å²) in [5.41, 5.74) is 0.555. The zero-order valence-corrected chi connectivity index (χ0v) is 11.1. The second kappa shape index (κ2) is 5.72. The van der Waals surface area contributed by atoms with Gasteiger partial charge in [0.2, 0.25) is 10.0 Å². The molecule has 0 radical (unpaired) electrons. The molecule has 0 aliphatic carbocycles. The smallest absolute Gasteiger partial charge is 0.232 e. The Balaban J connectivity index is 2.69. The van der Waals surface area contributed by atoms with Crippen molar-refractivity contribution in [1.82, 2.24) is 0 Å². The van der Waals surface area contributed by atoms with Gasteiger partial charge in [0.05, 0.1) is 5.75 Å². The predicted molar refractivity (Wildman–Crippen MR) is 66.9 cm³/mol. The van der Waals surface area contributed by atoms with E-state index in [1.54, 1.807) is 18.2 Å². The largest absolute Gasteiger partial charge is 0.284 e. The minimum atomic E-state index is -3.27. The summed E-state index contributed by atoms with van der Waals surface area (Å²) in [6.45, 7) is 0. The highest BCUT2D eigenvalue weighted by Crippen LogP contribution is 2.16. The van der Waals surface area contributed by atoms with Crippen molar-refractivity contribution in [3.05, 3.63) is 28.7 Å². The number of alkyl halides is 1. The van der Waals surface area contributed by atoms with Gasteiger partial charge in [-0.15, -0.1) is 11.6 Å². The molecule has 0 aliphatic rings. The average molecular weight is 313 g/mol. The van der Waals surface area contributed by atoms with E-state index < -0.39 is 10.0 Å². The van der Waals surface area contributed by atoms with E-state index in [4.69, 9.17) is 11.6 Å². The van der Waals surface area contributed by atoms with Gasteiger partial charge in [-0.2, -0.15) is 0 Å². The molecule has 0 saturated carbocycles. The summed E-state index contributed by atoms with van der Waals surface area (Å²) in [5, 5.41) is 0. The summed E-state index contributed by atoms with van der Waals surface area (Å²) in [4.78, 5) is 0. The van der Waals surface area contributed by atoms with Crippen LogP contribution in [0.5, 0.6) is 0 Å². The van der Waals surface area contributed by atoms with Gasteiger partial charge in [-0.05, 0) is 24.6 Å². The van der Waals surface area contributed by atoms with Crippen LogP contribution < -0.4 is 4.72 Å². The molecule has 1 aromatic rings. The van der Waals surface area contributed by atoms with Crippen LogP contribution in [0.25, 0.3) is 0 Å². The lowest BCUT2D eigenvalue weighted by Gasteiger charge is -2.07. The average Bonchev–Trinajstić information content (AvgIpc) is 2.14. The summed E-state index contributed by atoms with van der Waals surface area (Å²) in [6.07, 6.45) is 0.449. The van der Waals surface area contributed by atoms with E-state index >= 15 is 0 Å². The topological polar surface area (TPSA) is 46.2 Å². The van der Waals surface area contributed by atoms with Gasteiger partial charge < -0.3 is 0 Å². The second-order valence-corrected chi connectivity index (χ2v) is 6.11. The van der Waals surface area contributed by atoms with E-state index in [0.717, 1.165) is 4.47 Å². The molecule has 1 aromatic carbocycles. The molecule has 0 heterocycles. The number of rotatable bonds is 5. The van der Waals surface area contributed by atoms with Gasteiger partial charge >= 0.3 is 0 Å². The van der Waals surface area contributed by atoms with Gasteiger partial charge in [0.1, 0.15) is 0 Å². The van der Waals surface area contributed by atoms with Gasteiger partial charge in [0.15, 0.2) is 0 Å². The van der Waals surface area contributed by atoms with Crippen molar-refractivity contribution in [3.63, 3.8) is 0 Å². The fourth-order valence-electron chi connectivity index (χ4n) is 1.03. The van der Waals surface area contributed by atoms with Gasteiger partial charge in [-0.25, -0.2) is 8.42 Å². The minimum absolute atomic E-state index is 0.0447. The Hall–Kier alpha value is -0.260. The molecule has 0 aliphatic heterocycles. The van der Waals surface area contributed by atoms with Gasteiger partial charge in [0.25, 0.3) is 0 Å². The highest BCUT2D eigenvalue weighted by atomic mass is 79.9. The quantitative estimate of drug-likeness (QED) is 0.850. The maximum Gasteiger partial charge on any atom is 0.232 e. The highest BCUT2D eigenvalue weighted by Gasteiger charge is 2.09. The van der Waals surface area contributed by atoms with Crippen LogP contribution in [-0.4, -0.2) is 20.1 Å². The van der Waals surface area contributed by atoms with Crippen LogP contribution >= 0.6 is 27.5 Å². The fraction of sp³-hybridized carbons (Fsp3) is 0.333. The molecule has 3 nitrogen and oxygen atoms in total. The first-order chi connectivity index (χ1) is 7.03. The third-order valence-electron chi connectivity index (χ3n) is 1.64. The van der Waals surface area contributed by atoms with Gasteiger partial charge in [-0.1, -0.05) is 22.0 Å². The SMILES string of the molecule is O=S(=O)(CCCCl)Nc1cccc(Br)c1. The number of benzene rings is 1. The molecule has 0 saturated heterocycles. The standard InChI is InChI=1S/C9H11BrClNO2S/c10-8-3-1-4-9(7-8)12-15(13,14)6-2-5-11/h1,3-4,7,12H,2,5-6H2. The van der Waals surface area contributed by atoms with E-state index in [2.05, 4.69) is 20.7 Å². The van der Waals surface area contributed by atoms with Crippen LogP contribution in [0.15, 0.2) is 28.7 Å². The number of sulfonamides is 1. The molecule has 84 valence electrons. The Kier molecular flexibility index (Phi) is 4.89. The van der Waals surface area contributed by atoms with Crippen molar-refractivity contribution >= 4 is 43.2 Å². The lowest BCUT2D eigenvalue weighted by molar-refractivity contribution is 0.600. The molecule has 0 spiro atoms. The van der Waals surface area contributed by atoms with Crippen molar-refractivity contribution < 1.29 is 8.42 Å². The number of halogens is 2. The molecule has 6 heteroatoms. The number of nitrogens with one attached hydrogen (secondary N) is 1. The highest BCUT2D eigenvalue weighted by molar-refractivity contribution is 9.10. The third kappa shape index (κ3) is 4.86. The summed E-state index contributed by atoms with van der Waals surface area (Å²) >= 11 is 8.70. The normalized spacial score (nSPS) is 11.3. The summed E-state index contributed by atoms with van der Waals surface area (Å²) < 4.78 is 26.3. The Morgan fingerprint density at radius 3 is 2.73 bits per heavy atom. The third-order valence-corrected chi connectivity index (χ3v) is 3.78. The maximum atomic E-state index is 11.5. The molecule has 0 atom stereocenters. The van der Waals surface area contributed by atoms with E-state index in [1.807, 2.05) is 6.07 Å². The first-order valence-corrected chi connectivity index (χ1v) is 7.33. The molecule has 0 fully saturated rings. The maximum absolute atomic E-state index is 11.5. The van der Waals surface area contributed by atoms with Crippen LogP contribution in [0.2, 0.25) is 0 Å². The molecule has 0 amide bonds. The molecule has 1 N–H and O–H groups in total. The Morgan fingerprint density at radius 2 is 2.13 bits per heavy atom. The predicted octanol–water partition coefficient (Wildman–Crippen LogP) is 2.82. The Morgan fingerprint density at radius 1 is 1.40 bits per heavy atom. The van der Waals surface area contributed by atoms with Crippen LogP contribution in [-0.2, 0) is 10.0 Å². The molecule has 0 bridgehead atoms.